The third kappa shape index (κ3) is 3.57. The Hall–Kier alpha value is -0.660. The number of hydrogen-bond acceptors (Lipinski definition) is 4. The van der Waals surface area contributed by atoms with E-state index in [1.807, 2.05) is 12.1 Å². The van der Waals surface area contributed by atoms with Crippen molar-refractivity contribution in [2.75, 3.05) is 5.32 Å². The molecule has 0 aliphatic heterocycles. The standard InChI is InChI=1S/C14H15Br2N3OS/c15-11-7-18-19(8-9-2-1-3-9)14(20)13(11)17-6-10-4-5-12(16)21-10/h4-5,7,9,17H,1-3,6,8H2. The second-order valence-corrected chi connectivity index (χ2v) is 8.61. The van der Waals surface area contributed by atoms with Crippen LogP contribution in [-0.4, -0.2) is 9.78 Å². The van der Waals surface area contributed by atoms with Crippen LogP contribution in [0.5, 0.6) is 0 Å². The van der Waals surface area contributed by atoms with Crippen molar-refractivity contribution in [3.63, 3.8) is 0 Å². The molecule has 1 fully saturated rings. The predicted octanol–water partition coefficient (Wildman–Crippen LogP) is 4.24. The summed E-state index contributed by atoms with van der Waals surface area (Å²) in [5.41, 5.74) is 0.542. The number of thiophene rings is 1. The first-order valence-electron chi connectivity index (χ1n) is 6.87. The lowest BCUT2D eigenvalue weighted by Crippen LogP contribution is -2.30. The molecule has 1 saturated carbocycles. The van der Waals surface area contributed by atoms with Gasteiger partial charge in [-0.05, 0) is 62.8 Å². The van der Waals surface area contributed by atoms with Gasteiger partial charge < -0.3 is 5.32 Å². The smallest absolute Gasteiger partial charge is 0.291 e. The van der Waals surface area contributed by atoms with Crippen molar-refractivity contribution in [1.29, 1.82) is 0 Å². The maximum atomic E-state index is 12.5. The van der Waals surface area contributed by atoms with Crippen LogP contribution in [0, 0.1) is 5.92 Å². The average Bonchev–Trinajstić information content (AvgIpc) is 2.81. The van der Waals surface area contributed by atoms with Gasteiger partial charge in [0.25, 0.3) is 5.56 Å². The van der Waals surface area contributed by atoms with E-state index in [0.717, 1.165) is 10.3 Å². The molecule has 7 heteroatoms. The zero-order valence-electron chi connectivity index (χ0n) is 11.3. The maximum absolute atomic E-state index is 12.5. The molecule has 1 N–H and O–H groups in total. The molecule has 112 valence electrons. The van der Waals surface area contributed by atoms with Crippen LogP contribution >= 0.6 is 43.2 Å². The summed E-state index contributed by atoms with van der Waals surface area (Å²) in [6.45, 7) is 1.36. The van der Waals surface area contributed by atoms with Gasteiger partial charge in [0.1, 0.15) is 5.69 Å². The Morgan fingerprint density at radius 2 is 2.19 bits per heavy atom. The summed E-state index contributed by atoms with van der Waals surface area (Å²) in [6.07, 6.45) is 5.38. The van der Waals surface area contributed by atoms with Crippen LogP contribution in [0.3, 0.4) is 0 Å². The summed E-state index contributed by atoms with van der Waals surface area (Å²) in [7, 11) is 0. The van der Waals surface area contributed by atoms with Crippen molar-refractivity contribution in [3.05, 3.63) is 41.8 Å². The molecular formula is C14H15Br2N3OS. The number of halogens is 2. The third-order valence-corrected chi connectivity index (χ3v) is 5.95. The minimum atomic E-state index is -0.0492. The Balaban J connectivity index is 1.76. The first-order chi connectivity index (χ1) is 10.1. The fourth-order valence-corrected chi connectivity index (χ4v) is 4.13. The van der Waals surface area contributed by atoms with Gasteiger partial charge in [-0.1, -0.05) is 6.42 Å². The van der Waals surface area contributed by atoms with Crippen LogP contribution < -0.4 is 10.9 Å². The molecule has 2 heterocycles. The van der Waals surface area contributed by atoms with Crippen LogP contribution in [0.2, 0.25) is 0 Å². The first kappa shape index (κ1) is 15.2. The molecule has 2 aromatic rings. The van der Waals surface area contributed by atoms with E-state index >= 15 is 0 Å². The quantitative estimate of drug-likeness (QED) is 0.768. The molecule has 0 saturated heterocycles. The Bertz CT molecular complexity index is 694. The van der Waals surface area contributed by atoms with Crippen LogP contribution in [0.25, 0.3) is 0 Å². The molecule has 0 radical (unpaired) electrons. The average molecular weight is 433 g/mol. The Kier molecular flexibility index (Phi) is 4.81. The van der Waals surface area contributed by atoms with E-state index < -0.39 is 0 Å². The summed E-state index contributed by atoms with van der Waals surface area (Å²) < 4.78 is 3.39. The number of hydrogen-bond donors (Lipinski definition) is 1. The van der Waals surface area contributed by atoms with E-state index in [1.54, 1.807) is 22.2 Å². The Labute approximate surface area is 143 Å². The van der Waals surface area contributed by atoms with Gasteiger partial charge in [-0.2, -0.15) is 5.10 Å². The maximum Gasteiger partial charge on any atom is 0.291 e. The molecule has 1 aliphatic rings. The number of aromatic nitrogens is 2. The molecule has 0 bridgehead atoms. The largest absolute Gasteiger partial charge is 0.375 e. The Morgan fingerprint density at radius 1 is 1.38 bits per heavy atom. The van der Waals surface area contributed by atoms with E-state index in [-0.39, 0.29) is 5.56 Å². The van der Waals surface area contributed by atoms with Crippen molar-refractivity contribution in [3.8, 4) is 0 Å². The van der Waals surface area contributed by atoms with Gasteiger partial charge >= 0.3 is 0 Å². The highest BCUT2D eigenvalue weighted by Gasteiger charge is 2.20. The molecule has 0 atom stereocenters. The minimum absolute atomic E-state index is 0.0492. The number of rotatable bonds is 5. The van der Waals surface area contributed by atoms with Crippen LogP contribution in [0.1, 0.15) is 24.1 Å². The molecule has 0 aromatic carbocycles. The van der Waals surface area contributed by atoms with Crippen molar-refractivity contribution < 1.29 is 0 Å². The highest BCUT2D eigenvalue weighted by atomic mass is 79.9. The van der Waals surface area contributed by atoms with Crippen LogP contribution in [0.4, 0.5) is 5.69 Å². The monoisotopic (exact) mass is 431 g/mol. The van der Waals surface area contributed by atoms with E-state index in [4.69, 9.17) is 0 Å². The second kappa shape index (κ2) is 6.62. The Morgan fingerprint density at radius 3 is 2.81 bits per heavy atom. The summed E-state index contributed by atoms with van der Waals surface area (Å²) in [4.78, 5) is 13.7. The van der Waals surface area contributed by atoms with Crippen LogP contribution in [-0.2, 0) is 13.1 Å². The minimum Gasteiger partial charge on any atom is -0.375 e. The third-order valence-electron chi connectivity index (χ3n) is 3.72. The van der Waals surface area contributed by atoms with Gasteiger partial charge in [-0.15, -0.1) is 11.3 Å². The summed E-state index contributed by atoms with van der Waals surface area (Å²) in [5, 5.41) is 7.46. The molecule has 3 rings (SSSR count). The second-order valence-electron chi connectivity index (χ2n) is 5.21. The van der Waals surface area contributed by atoms with Gasteiger partial charge in [0.15, 0.2) is 0 Å². The molecule has 2 aromatic heterocycles. The normalized spacial score (nSPS) is 15.0. The number of anilines is 1. The summed E-state index contributed by atoms with van der Waals surface area (Å²) in [5.74, 6) is 0.609. The molecule has 1 aliphatic carbocycles. The molecule has 21 heavy (non-hydrogen) atoms. The highest BCUT2D eigenvalue weighted by Crippen LogP contribution is 2.28. The summed E-state index contributed by atoms with van der Waals surface area (Å²) in [6, 6.07) is 4.06. The fourth-order valence-electron chi connectivity index (χ4n) is 2.30. The highest BCUT2D eigenvalue weighted by molar-refractivity contribution is 9.11. The van der Waals surface area contributed by atoms with Crippen molar-refractivity contribution in [2.45, 2.75) is 32.4 Å². The van der Waals surface area contributed by atoms with Gasteiger partial charge in [0.05, 0.1) is 14.5 Å². The SMILES string of the molecule is O=c1c(NCc2ccc(Br)s2)c(Br)cnn1CC1CCC1. The van der Waals surface area contributed by atoms with E-state index in [2.05, 4.69) is 42.3 Å². The molecule has 0 amide bonds. The first-order valence-corrected chi connectivity index (χ1v) is 9.27. The van der Waals surface area contributed by atoms with Crippen molar-refractivity contribution >= 4 is 48.9 Å². The van der Waals surface area contributed by atoms with Gasteiger partial charge in [-0.3, -0.25) is 4.79 Å². The lowest BCUT2D eigenvalue weighted by Gasteiger charge is -2.25. The zero-order chi connectivity index (χ0) is 14.8. The van der Waals surface area contributed by atoms with Gasteiger partial charge in [-0.25, -0.2) is 4.68 Å². The lowest BCUT2D eigenvalue weighted by atomic mass is 9.85. The molecule has 0 spiro atoms. The van der Waals surface area contributed by atoms with Gasteiger partial charge in [0.2, 0.25) is 0 Å². The molecule has 4 nitrogen and oxygen atoms in total. The van der Waals surface area contributed by atoms with Crippen molar-refractivity contribution in [1.82, 2.24) is 9.78 Å². The predicted molar refractivity (Wildman–Crippen MR) is 92.9 cm³/mol. The summed E-state index contributed by atoms with van der Waals surface area (Å²) >= 11 is 8.52. The molecule has 0 unspecified atom stereocenters. The zero-order valence-corrected chi connectivity index (χ0v) is 15.3. The number of nitrogens with zero attached hydrogens (tertiary/aromatic N) is 2. The van der Waals surface area contributed by atoms with Gasteiger partial charge in [0, 0.05) is 18.0 Å². The van der Waals surface area contributed by atoms with Crippen molar-refractivity contribution in [2.24, 2.45) is 5.92 Å². The topological polar surface area (TPSA) is 46.9 Å². The van der Waals surface area contributed by atoms with E-state index in [0.29, 0.717) is 22.6 Å². The van der Waals surface area contributed by atoms with Crippen LogP contribution in [0.15, 0.2) is 31.4 Å². The molecular weight excluding hydrogens is 418 g/mol. The lowest BCUT2D eigenvalue weighted by molar-refractivity contribution is 0.262. The van der Waals surface area contributed by atoms with E-state index in [9.17, 15) is 4.79 Å². The number of nitrogens with one attached hydrogen (secondary N) is 1. The van der Waals surface area contributed by atoms with E-state index in [1.165, 1.54) is 24.1 Å². The fraction of sp³-hybridized carbons (Fsp3) is 0.429.